The van der Waals surface area contributed by atoms with Crippen LogP contribution in [0.4, 0.5) is 4.39 Å². The molecule has 0 unspecified atom stereocenters. The van der Waals surface area contributed by atoms with Gasteiger partial charge in [0.1, 0.15) is 5.82 Å². The molecule has 1 aliphatic carbocycles. The molecule has 1 aromatic carbocycles. The Morgan fingerprint density at radius 1 is 1.40 bits per heavy atom. The minimum Gasteiger partial charge on any atom is -0.481 e. The van der Waals surface area contributed by atoms with Crippen molar-refractivity contribution in [1.82, 2.24) is 10.3 Å². The molecule has 0 bridgehead atoms. The molecule has 0 saturated heterocycles. The highest BCUT2D eigenvalue weighted by Crippen LogP contribution is 2.38. The third-order valence-corrected chi connectivity index (χ3v) is 4.64. The van der Waals surface area contributed by atoms with Crippen LogP contribution in [0.15, 0.2) is 36.5 Å². The fraction of sp³-hybridized carbons (Fsp3) is 0.333. The number of aromatic nitrogens is 1. The molecule has 7 heteroatoms. The number of rotatable bonds is 5. The van der Waals surface area contributed by atoms with Gasteiger partial charge in [-0.2, -0.15) is 0 Å². The van der Waals surface area contributed by atoms with Crippen molar-refractivity contribution < 1.29 is 19.0 Å². The second kappa shape index (κ2) is 7.37. The lowest BCUT2D eigenvalue weighted by Crippen LogP contribution is -2.41. The zero-order valence-electron chi connectivity index (χ0n) is 13.6. The molecule has 1 heterocycles. The number of pyridine rings is 1. The Labute approximate surface area is 149 Å². The normalized spacial score (nSPS) is 20.5. The van der Waals surface area contributed by atoms with Crippen LogP contribution >= 0.6 is 11.6 Å². The van der Waals surface area contributed by atoms with E-state index in [4.69, 9.17) is 16.3 Å². The zero-order chi connectivity index (χ0) is 18.0. The van der Waals surface area contributed by atoms with E-state index in [1.165, 1.54) is 19.2 Å². The zero-order valence-corrected chi connectivity index (χ0v) is 14.3. The number of benzene rings is 1. The second-order valence-electron chi connectivity index (χ2n) is 6.09. The first-order chi connectivity index (χ1) is 12.0. The van der Waals surface area contributed by atoms with Gasteiger partial charge < -0.3 is 15.2 Å². The Morgan fingerprint density at radius 2 is 2.16 bits per heavy atom. The summed E-state index contributed by atoms with van der Waals surface area (Å²) in [6, 6.07) is 6.97. The Kier molecular flexibility index (Phi) is 5.20. The standard InChI is InChI=1S/C18H18ClFN2O3/c1-25-16-5-2-10(9-21-16)17(11-6-13(23)7-11)22-18(24)14-8-12(19)3-4-15(14)20/h2-5,8-9,11,13,17,23H,6-7H2,1H3,(H,22,24)/t11?,13?,17-/m1/s1. The van der Waals surface area contributed by atoms with E-state index in [1.807, 2.05) is 0 Å². The van der Waals surface area contributed by atoms with Crippen LogP contribution in [0.1, 0.15) is 34.8 Å². The summed E-state index contributed by atoms with van der Waals surface area (Å²) in [6.07, 6.45) is 2.37. The number of halogens is 2. The van der Waals surface area contributed by atoms with Gasteiger partial charge in [-0.1, -0.05) is 17.7 Å². The number of aliphatic hydroxyl groups is 1. The molecule has 0 radical (unpaired) electrons. The predicted molar refractivity (Wildman–Crippen MR) is 91.1 cm³/mol. The topological polar surface area (TPSA) is 71.5 Å². The van der Waals surface area contributed by atoms with Crippen LogP contribution in [0.25, 0.3) is 0 Å². The van der Waals surface area contributed by atoms with Crippen molar-refractivity contribution in [3.05, 3.63) is 58.5 Å². The Balaban J connectivity index is 1.84. The molecule has 1 saturated carbocycles. The number of nitrogens with one attached hydrogen (secondary N) is 1. The summed E-state index contributed by atoms with van der Waals surface area (Å²) in [7, 11) is 1.52. The number of methoxy groups -OCH3 is 1. The van der Waals surface area contributed by atoms with Gasteiger partial charge in [-0.25, -0.2) is 9.37 Å². The second-order valence-corrected chi connectivity index (χ2v) is 6.53. The maximum absolute atomic E-state index is 13.9. The summed E-state index contributed by atoms with van der Waals surface area (Å²) in [5, 5.41) is 12.7. The quantitative estimate of drug-likeness (QED) is 0.855. The van der Waals surface area contributed by atoms with E-state index in [2.05, 4.69) is 10.3 Å². The average molecular weight is 365 g/mol. The van der Waals surface area contributed by atoms with E-state index in [1.54, 1.807) is 18.3 Å². The molecule has 1 atom stereocenters. The van der Waals surface area contributed by atoms with Crippen LogP contribution in [0.2, 0.25) is 5.02 Å². The largest absolute Gasteiger partial charge is 0.481 e. The van der Waals surface area contributed by atoms with Gasteiger partial charge in [-0.15, -0.1) is 0 Å². The van der Waals surface area contributed by atoms with Crippen LogP contribution < -0.4 is 10.1 Å². The van der Waals surface area contributed by atoms with Crippen molar-refractivity contribution in [2.24, 2.45) is 5.92 Å². The van der Waals surface area contributed by atoms with E-state index in [0.29, 0.717) is 18.7 Å². The monoisotopic (exact) mass is 364 g/mol. The molecule has 1 fully saturated rings. The maximum atomic E-state index is 13.9. The number of carbonyl (C=O) groups is 1. The molecule has 3 rings (SSSR count). The third-order valence-electron chi connectivity index (χ3n) is 4.41. The first kappa shape index (κ1) is 17.6. The molecule has 1 aliphatic rings. The van der Waals surface area contributed by atoms with Gasteiger partial charge >= 0.3 is 0 Å². The van der Waals surface area contributed by atoms with E-state index < -0.39 is 11.7 Å². The SMILES string of the molecule is COc1ccc([C@@H](NC(=O)c2cc(Cl)ccc2F)C2CC(O)C2)cn1. The van der Waals surface area contributed by atoms with Crippen LogP contribution in [0.5, 0.6) is 5.88 Å². The van der Waals surface area contributed by atoms with E-state index in [-0.39, 0.29) is 28.6 Å². The summed E-state index contributed by atoms with van der Waals surface area (Å²) in [5.74, 6) is -0.677. The molecular formula is C18H18ClFN2O3. The summed E-state index contributed by atoms with van der Waals surface area (Å²) in [5.41, 5.74) is 0.660. The Morgan fingerprint density at radius 3 is 2.76 bits per heavy atom. The lowest BCUT2D eigenvalue weighted by atomic mass is 9.75. The number of hydrogen-bond donors (Lipinski definition) is 2. The van der Waals surface area contributed by atoms with Gasteiger partial charge in [0, 0.05) is 17.3 Å². The van der Waals surface area contributed by atoms with Gasteiger partial charge in [-0.05, 0) is 42.5 Å². The van der Waals surface area contributed by atoms with E-state index >= 15 is 0 Å². The number of aliphatic hydroxyl groups excluding tert-OH is 1. The summed E-state index contributed by atoms with van der Waals surface area (Å²) in [4.78, 5) is 16.7. The minimum atomic E-state index is -0.637. The molecule has 25 heavy (non-hydrogen) atoms. The molecule has 0 aliphatic heterocycles. The summed E-state index contributed by atoms with van der Waals surface area (Å²) >= 11 is 5.86. The highest BCUT2D eigenvalue weighted by molar-refractivity contribution is 6.31. The highest BCUT2D eigenvalue weighted by atomic mass is 35.5. The van der Waals surface area contributed by atoms with Crippen molar-refractivity contribution in [3.63, 3.8) is 0 Å². The summed E-state index contributed by atoms with van der Waals surface area (Å²) < 4.78 is 19.0. The molecule has 5 nitrogen and oxygen atoms in total. The van der Waals surface area contributed by atoms with Crippen molar-refractivity contribution in [2.45, 2.75) is 25.0 Å². The first-order valence-corrected chi connectivity index (χ1v) is 8.29. The van der Waals surface area contributed by atoms with Crippen molar-refractivity contribution in [1.29, 1.82) is 0 Å². The smallest absolute Gasteiger partial charge is 0.254 e. The third kappa shape index (κ3) is 3.91. The molecular weight excluding hydrogens is 347 g/mol. The Bertz CT molecular complexity index is 763. The van der Waals surface area contributed by atoms with Crippen molar-refractivity contribution in [3.8, 4) is 5.88 Å². The van der Waals surface area contributed by atoms with E-state index in [0.717, 1.165) is 11.6 Å². The summed E-state index contributed by atoms with van der Waals surface area (Å²) in [6.45, 7) is 0. The molecule has 132 valence electrons. The average Bonchev–Trinajstić information content (AvgIpc) is 2.59. The van der Waals surface area contributed by atoms with Gasteiger partial charge in [0.25, 0.3) is 5.91 Å². The fourth-order valence-corrected chi connectivity index (χ4v) is 3.13. The lowest BCUT2D eigenvalue weighted by molar-refractivity contribution is 0.0234. The molecule has 1 amide bonds. The van der Waals surface area contributed by atoms with Gasteiger partial charge in [0.15, 0.2) is 0 Å². The number of hydrogen-bond acceptors (Lipinski definition) is 4. The van der Waals surface area contributed by atoms with E-state index in [9.17, 15) is 14.3 Å². The lowest BCUT2D eigenvalue weighted by Gasteiger charge is -2.38. The van der Waals surface area contributed by atoms with Crippen LogP contribution in [0.3, 0.4) is 0 Å². The fourth-order valence-electron chi connectivity index (χ4n) is 2.96. The molecule has 2 aromatic rings. The number of amides is 1. The predicted octanol–water partition coefficient (Wildman–Crippen LogP) is 3.12. The van der Waals surface area contributed by atoms with Crippen LogP contribution in [-0.4, -0.2) is 29.2 Å². The van der Waals surface area contributed by atoms with Crippen molar-refractivity contribution >= 4 is 17.5 Å². The minimum absolute atomic E-state index is 0.0522. The molecule has 1 aromatic heterocycles. The van der Waals surface area contributed by atoms with Gasteiger partial charge in [0.05, 0.1) is 24.8 Å². The van der Waals surface area contributed by atoms with Crippen LogP contribution in [0, 0.1) is 11.7 Å². The maximum Gasteiger partial charge on any atom is 0.254 e. The number of carbonyl (C=O) groups excluding carboxylic acids is 1. The molecule has 2 N–H and O–H groups in total. The van der Waals surface area contributed by atoms with Gasteiger partial charge in [-0.3, -0.25) is 4.79 Å². The number of ether oxygens (including phenoxy) is 1. The van der Waals surface area contributed by atoms with Crippen molar-refractivity contribution in [2.75, 3.05) is 7.11 Å². The van der Waals surface area contributed by atoms with Crippen LogP contribution in [-0.2, 0) is 0 Å². The number of nitrogens with zero attached hydrogens (tertiary/aromatic N) is 1. The molecule has 0 spiro atoms. The first-order valence-electron chi connectivity index (χ1n) is 7.92. The Hall–Kier alpha value is -2.18. The highest BCUT2D eigenvalue weighted by Gasteiger charge is 2.36. The van der Waals surface area contributed by atoms with Gasteiger partial charge in [0.2, 0.25) is 5.88 Å².